The minimum absolute atomic E-state index is 0.0503. The van der Waals surface area contributed by atoms with Crippen LogP contribution in [0.15, 0.2) is 65.7 Å². The van der Waals surface area contributed by atoms with Crippen molar-refractivity contribution in [3.05, 3.63) is 66.2 Å². The Labute approximate surface area is 178 Å². The van der Waals surface area contributed by atoms with Gasteiger partial charge in [-0.2, -0.15) is 0 Å². The Hall–Kier alpha value is -2.87. The summed E-state index contributed by atoms with van der Waals surface area (Å²) in [7, 11) is -1.50. The zero-order chi connectivity index (χ0) is 21.4. The molecule has 0 spiro atoms. The van der Waals surface area contributed by atoms with Crippen LogP contribution in [0.3, 0.4) is 0 Å². The van der Waals surface area contributed by atoms with Gasteiger partial charge in [-0.1, -0.05) is 48.5 Å². The maximum Gasteiger partial charge on any atom is 0.229 e. The molecular weight excluding hydrogens is 400 g/mol. The van der Waals surface area contributed by atoms with Crippen LogP contribution < -0.4 is 15.5 Å². The fraction of sp³-hybridized carbons (Fsp3) is 0.364. The number of rotatable bonds is 8. The van der Waals surface area contributed by atoms with Gasteiger partial charge in [0.1, 0.15) is 0 Å². The van der Waals surface area contributed by atoms with Crippen LogP contribution in [0.25, 0.3) is 0 Å². The molecule has 160 valence electrons. The third kappa shape index (κ3) is 6.32. The highest BCUT2D eigenvalue weighted by Gasteiger charge is 2.31. The van der Waals surface area contributed by atoms with Gasteiger partial charge in [0.25, 0.3) is 0 Å². The van der Waals surface area contributed by atoms with Gasteiger partial charge in [-0.3, -0.25) is 9.79 Å². The Morgan fingerprint density at radius 2 is 1.77 bits per heavy atom. The lowest BCUT2D eigenvalue weighted by Gasteiger charge is -2.19. The van der Waals surface area contributed by atoms with Crippen LogP contribution in [-0.2, 0) is 20.4 Å². The lowest BCUT2D eigenvalue weighted by Crippen LogP contribution is -2.45. The van der Waals surface area contributed by atoms with E-state index >= 15 is 0 Å². The van der Waals surface area contributed by atoms with Crippen LogP contribution in [-0.4, -0.2) is 52.2 Å². The fourth-order valence-corrected chi connectivity index (χ4v) is 4.88. The summed E-state index contributed by atoms with van der Waals surface area (Å²) < 4.78 is 24.6. The highest BCUT2D eigenvalue weighted by molar-refractivity contribution is 7.90. The molecule has 30 heavy (non-hydrogen) atoms. The highest BCUT2D eigenvalue weighted by atomic mass is 32.2. The second-order valence-corrected chi connectivity index (χ2v) is 9.50. The van der Waals surface area contributed by atoms with Crippen molar-refractivity contribution in [3.63, 3.8) is 0 Å². The van der Waals surface area contributed by atoms with Crippen molar-refractivity contribution in [2.75, 3.05) is 30.8 Å². The Morgan fingerprint density at radius 3 is 2.43 bits per heavy atom. The summed E-state index contributed by atoms with van der Waals surface area (Å²) in [5, 5.41) is 6.41. The molecule has 0 bridgehead atoms. The van der Waals surface area contributed by atoms with Gasteiger partial charge in [-0.05, 0) is 24.1 Å². The van der Waals surface area contributed by atoms with E-state index in [1.54, 1.807) is 11.9 Å². The van der Waals surface area contributed by atoms with Crippen LogP contribution in [0.1, 0.15) is 18.4 Å². The van der Waals surface area contributed by atoms with Crippen molar-refractivity contribution >= 4 is 27.4 Å². The molecule has 1 unspecified atom stereocenters. The molecule has 1 heterocycles. The first-order valence-electron chi connectivity index (χ1n) is 10.0. The van der Waals surface area contributed by atoms with Gasteiger partial charge < -0.3 is 15.5 Å². The topological polar surface area (TPSA) is 90.9 Å². The van der Waals surface area contributed by atoms with E-state index in [0.29, 0.717) is 31.9 Å². The third-order valence-corrected chi connectivity index (χ3v) is 6.60. The normalized spacial score (nSPS) is 17.2. The summed E-state index contributed by atoms with van der Waals surface area (Å²) in [5.41, 5.74) is 1.69. The van der Waals surface area contributed by atoms with E-state index in [0.717, 1.165) is 11.3 Å². The Morgan fingerprint density at radius 1 is 1.10 bits per heavy atom. The number of nitrogens with zero attached hydrogens (tertiary/aromatic N) is 2. The smallest absolute Gasteiger partial charge is 0.229 e. The maximum absolute atomic E-state index is 12.3. The largest absolute Gasteiger partial charge is 0.356 e. The van der Waals surface area contributed by atoms with E-state index in [2.05, 4.69) is 15.6 Å². The number of carbonyl (C=O) groups excluding carboxylic acids is 1. The van der Waals surface area contributed by atoms with Crippen LogP contribution >= 0.6 is 0 Å². The third-order valence-electron chi connectivity index (χ3n) is 4.91. The van der Waals surface area contributed by atoms with Gasteiger partial charge in [0, 0.05) is 32.2 Å². The minimum atomic E-state index is -3.16. The van der Waals surface area contributed by atoms with Crippen molar-refractivity contribution in [3.8, 4) is 0 Å². The van der Waals surface area contributed by atoms with Crippen LogP contribution in [0, 0.1) is 0 Å². The molecule has 1 saturated heterocycles. The number of aliphatic imine (C=N–C) groups is 1. The van der Waals surface area contributed by atoms with E-state index in [-0.39, 0.29) is 23.5 Å². The Bertz CT molecular complexity index is 962. The molecule has 1 fully saturated rings. The number of anilines is 1. The van der Waals surface area contributed by atoms with Gasteiger partial charge >= 0.3 is 0 Å². The molecule has 0 aromatic heterocycles. The molecule has 2 aromatic carbocycles. The average Bonchev–Trinajstić information content (AvgIpc) is 3.11. The number of guanidine groups is 1. The van der Waals surface area contributed by atoms with Crippen LogP contribution in [0.2, 0.25) is 0 Å². The Kier molecular flexibility index (Phi) is 7.46. The van der Waals surface area contributed by atoms with Gasteiger partial charge in [0.2, 0.25) is 5.91 Å². The molecule has 2 N–H and O–H groups in total. The standard InChI is InChI=1S/C22H28N4O3S/c1-23-22(24-13-8-14-30(28,29)17-18-9-4-2-5-10-18)25-19-15-21(27)26(16-19)20-11-6-3-7-12-20/h2-7,9-12,19H,8,13-17H2,1H3,(H2,23,24,25). The average molecular weight is 429 g/mol. The van der Waals surface area contributed by atoms with E-state index < -0.39 is 9.84 Å². The summed E-state index contributed by atoms with van der Waals surface area (Å²) >= 11 is 0. The molecule has 0 saturated carbocycles. The first-order valence-corrected chi connectivity index (χ1v) is 11.9. The maximum atomic E-state index is 12.3. The number of carbonyl (C=O) groups is 1. The van der Waals surface area contributed by atoms with Gasteiger partial charge in [-0.25, -0.2) is 8.42 Å². The predicted molar refractivity (Wildman–Crippen MR) is 120 cm³/mol. The number of hydrogen-bond donors (Lipinski definition) is 2. The number of benzene rings is 2. The summed E-state index contributed by atoms with van der Waals surface area (Å²) in [5.74, 6) is 0.806. The molecule has 8 heteroatoms. The van der Waals surface area contributed by atoms with Crippen molar-refractivity contribution in [1.29, 1.82) is 0 Å². The minimum Gasteiger partial charge on any atom is -0.356 e. The van der Waals surface area contributed by atoms with Crippen molar-refractivity contribution in [2.24, 2.45) is 4.99 Å². The summed E-state index contributed by atoms with van der Waals surface area (Å²) in [6, 6.07) is 18.7. The molecule has 1 amide bonds. The zero-order valence-corrected chi connectivity index (χ0v) is 17.9. The molecule has 3 rings (SSSR count). The molecule has 7 nitrogen and oxygen atoms in total. The fourth-order valence-electron chi connectivity index (χ4n) is 3.45. The van der Waals surface area contributed by atoms with Gasteiger partial charge in [0.15, 0.2) is 15.8 Å². The quantitative estimate of drug-likeness (QED) is 0.381. The number of para-hydroxylation sites is 1. The van der Waals surface area contributed by atoms with E-state index in [1.165, 1.54) is 0 Å². The molecule has 2 aromatic rings. The first-order chi connectivity index (χ1) is 14.5. The zero-order valence-electron chi connectivity index (χ0n) is 17.1. The second-order valence-electron chi connectivity index (χ2n) is 7.32. The highest BCUT2D eigenvalue weighted by Crippen LogP contribution is 2.20. The monoisotopic (exact) mass is 428 g/mol. The molecule has 1 aliphatic rings. The molecule has 0 aliphatic carbocycles. The lowest BCUT2D eigenvalue weighted by molar-refractivity contribution is -0.117. The number of amides is 1. The molecule has 0 radical (unpaired) electrons. The van der Waals surface area contributed by atoms with E-state index in [9.17, 15) is 13.2 Å². The summed E-state index contributed by atoms with van der Waals surface area (Å²) in [6.07, 6.45) is 0.872. The summed E-state index contributed by atoms with van der Waals surface area (Å²) in [6.45, 7) is 1.05. The summed E-state index contributed by atoms with van der Waals surface area (Å²) in [4.78, 5) is 18.3. The van der Waals surface area contributed by atoms with Crippen molar-refractivity contribution < 1.29 is 13.2 Å². The Balaban J connectivity index is 1.42. The van der Waals surface area contributed by atoms with Crippen molar-refractivity contribution in [1.82, 2.24) is 10.6 Å². The van der Waals surface area contributed by atoms with E-state index in [4.69, 9.17) is 0 Å². The molecule has 1 atom stereocenters. The number of hydrogen-bond acceptors (Lipinski definition) is 4. The second kappa shape index (κ2) is 10.2. The lowest BCUT2D eigenvalue weighted by atomic mass is 10.2. The van der Waals surface area contributed by atoms with Crippen molar-refractivity contribution in [2.45, 2.75) is 24.6 Å². The van der Waals surface area contributed by atoms with Gasteiger partial charge in [0.05, 0.1) is 17.5 Å². The van der Waals surface area contributed by atoms with E-state index in [1.807, 2.05) is 60.7 Å². The predicted octanol–water partition coefficient (Wildman–Crippen LogP) is 1.96. The SMILES string of the molecule is CN=C(NCCCS(=O)(=O)Cc1ccccc1)NC1CC(=O)N(c2ccccc2)C1. The molecular formula is C22H28N4O3S. The van der Waals surface area contributed by atoms with Crippen LogP contribution in [0.5, 0.6) is 0 Å². The van der Waals surface area contributed by atoms with Gasteiger partial charge in [-0.15, -0.1) is 0 Å². The first kappa shape index (κ1) is 21.8. The molecule has 1 aliphatic heterocycles. The number of nitrogens with one attached hydrogen (secondary N) is 2. The number of sulfone groups is 1. The van der Waals surface area contributed by atoms with Crippen LogP contribution in [0.4, 0.5) is 5.69 Å².